The molecule has 7 nitrogen and oxygen atoms in total. The Labute approximate surface area is 105 Å². The van der Waals surface area contributed by atoms with Gasteiger partial charge < -0.3 is 5.32 Å². The average molecular weight is 272 g/mol. The second-order valence-electron chi connectivity index (χ2n) is 4.31. The SMILES string of the molecule is CCS(=O)(=O)CCNC(=O)c1n[nH]c(C2CC2)n1. The number of nitrogens with one attached hydrogen (secondary N) is 2. The van der Waals surface area contributed by atoms with Gasteiger partial charge in [-0.15, -0.1) is 5.10 Å². The van der Waals surface area contributed by atoms with Crippen molar-refractivity contribution < 1.29 is 13.2 Å². The Morgan fingerprint density at radius 1 is 1.50 bits per heavy atom. The van der Waals surface area contributed by atoms with Gasteiger partial charge in [-0.1, -0.05) is 6.92 Å². The molecule has 0 aliphatic heterocycles. The average Bonchev–Trinajstić information content (AvgIpc) is 3.07. The zero-order chi connectivity index (χ0) is 13.2. The normalized spacial score (nSPS) is 15.6. The van der Waals surface area contributed by atoms with Crippen LogP contribution in [0.3, 0.4) is 0 Å². The van der Waals surface area contributed by atoms with E-state index in [9.17, 15) is 13.2 Å². The summed E-state index contributed by atoms with van der Waals surface area (Å²) in [5.41, 5.74) is 0. The highest BCUT2D eigenvalue weighted by Gasteiger charge is 2.28. The zero-order valence-electron chi connectivity index (χ0n) is 10.1. The van der Waals surface area contributed by atoms with Gasteiger partial charge in [-0.25, -0.2) is 13.4 Å². The van der Waals surface area contributed by atoms with E-state index in [1.807, 2.05) is 0 Å². The van der Waals surface area contributed by atoms with Gasteiger partial charge in [0, 0.05) is 18.2 Å². The third-order valence-corrected chi connectivity index (χ3v) is 4.51. The van der Waals surface area contributed by atoms with E-state index in [2.05, 4.69) is 20.5 Å². The molecule has 0 spiro atoms. The third kappa shape index (κ3) is 3.28. The van der Waals surface area contributed by atoms with Crippen LogP contribution in [0.1, 0.15) is 42.1 Å². The van der Waals surface area contributed by atoms with Crippen molar-refractivity contribution in [2.45, 2.75) is 25.7 Å². The molecule has 0 atom stereocenters. The number of hydrogen-bond acceptors (Lipinski definition) is 5. The fraction of sp³-hybridized carbons (Fsp3) is 0.700. The van der Waals surface area contributed by atoms with Gasteiger partial charge in [-0.05, 0) is 12.8 Å². The van der Waals surface area contributed by atoms with E-state index in [1.54, 1.807) is 6.92 Å². The standard InChI is InChI=1S/C10H16N4O3S/c1-2-18(16,17)6-5-11-10(15)9-12-8(13-14-9)7-3-4-7/h7H,2-6H2,1H3,(H,11,15)(H,12,13,14). The second-order valence-corrected chi connectivity index (χ2v) is 6.78. The van der Waals surface area contributed by atoms with E-state index in [0.29, 0.717) is 5.92 Å². The number of nitrogens with zero attached hydrogens (tertiary/aromatic N) is 2. The van der Waals surface area contributed by atoms with Crippen LogP contribution in [-0.4, -0.2) is 47.6 Å². The summed E-state index contributed by atoms with van der Waals surface area (Å²) in [6.45, 7) is 1.66. The first-order valence-corrected chi connectivity index (χ1v) is 7.75. The van der Waals surface area contributed by atoms with Crippen LogP contribution >= 0.6 is 0 Å². The quantitative estimate of drug-likeness (QED) is 0.749. The molecule has 0 aromatic carbocycles. The molecule has 0 radical (unpaired) electrons. The molecular formula is C10H16N4O3S. The molecule has 1 aliphatic carbocycles. The van der Waals surface area contributed by atoms with Crippen LogP contribution in [0.15, 0.2) is 0 Å². The third-order valence-electron chi connectivity index (χ3n) is 2.81. The van der Waals surface area contributed by atoms with Gasteiger partial charge in [-0.2, -0.15) is 0 Å². The van der Waals surface area contributed by atoms with E-state index in [-0.39, 0.29) is 23.9 Å². The molecular weight excluding hydrogens is 256 g/mol. The lowest BCUT2D eigenvalue weighted by molar-refractivity contribution is 0.0946. The monoisotopic (exact) mass is 272 g/mol. The number of rotatable bonds is 6. The van der Waals surface area contributed by atoms with Gasteiger partial charge in [0.25, 0.3) is 5.91 Å². The topological polar surface area (TPSA) is 105 Å². The summed E-state index contributed by atoms with van der Waals surface area (Å²) in [5, 5.41) is 9.04. The predicted molar refractivity (Wildman–Crippen MR) is 65.0 cm³/mol. The maximum atomic E-state index is 11.6. The Balaban J connectivity index is 1.83. The fourth-order valence-electron chi connectivity index (χ4n) is 1.46. The van der Waals surface area contributed by atoms with Crippen LogP contribution in [0.5, 0.6) is 0 Å². The van der Waals surface area contributed by atoms with Crippen molar-refractivity contribution in [3.63, 3.8) is 0 Å². The molecule has 1 heterocycles. The molecule has 1 aliphatic rings. The lowest BCUT2D eigenvalue weighted by atomic mass is 10.4. The van der Waals surface area contributed by atoms with E-state index < -0.39 is 15.7 Å². The van der Waals surface area contributed by atoms with Crippen molar-refractivity contribution in [2.75, 3.05) is 18.1 Å². The van der Waals surface area contributed by atoms with Crippen LogP contribution in [-0.2, 0) is 9.84 Å². The van der Waals surface area contributed by atoms with E-state index in [4.69, 9.17) is 0 Å². The number of hydrogen-bond donors (Lipinski definition) is 2. The number of amides is 1. The predicted octanol–water partition coefficient (Wildman–Crippen LogP) is -0.153. The molecule has 1 amide bonds. The molecule has 1 aromatic heterocycles. The Kier molecular flexibility index (Phi) is 3.65. The van der Waals surface area contributed by atoms with Gasteiger partial charge in [0.2, 0.25) is 5.82 Å². The minimum atomic E-state index is -3.06. The second kappa shape index (κ2) is 5.05. The summed E-state index contributed by atoms with van der Waals surface area (Å²) in [7, 11) is -3.06. The summed E-state index contributed by atoms with van der Waals surface area (Å²) in [6.07, 6.45) is 2.15. The molecule has 1 fully saturated rings. The fourth-order valence-corrected chi connectivity index (χ4v) is 2.16. The molecule has 1 aromatic rings. The van der Waals surface area contributed by atoms with Crippen molar-refractivity contribution in [3.8, 4) is 0 Å². The summed E-state index contributed by atoms with van der Waals surface area (Å²) in [5.74, 6) is 0.793. The molecule has 0 bridgehead atoms. The minimum absolute atomic E-state index is 0.0604. The van der Waals surface area contributed by atoms with E-state index >= 15 is 0 Å². The smallest absolute Gasteiger partial charge is 0.290 e. The van der Waals surface area contributed by atoms with Crippen molar-refractivity contribution in [1.29, 1.82) is 0 Å². The number of carbonyl (C=O) groups excluding carboxylic acids is 1. The zero-order valence-corrected chi connectivity index (χ0v) is 11.0. The van der Waals surface area contributed by atoms with E-state index in [1.165, 1.54) is 0 Å². The van der Waals surface area contributed by atoms with Crippen LogP contribution < -0.4 is 5.32 Å². The first-order chi connectivity index (χ1) is 8.52. The molecule has 18 heavy (non-hydrogen) atoms. The highest BCUT2D eigenvalue weighted by molar-refractivity contribution is 7.91. The molecule has 1 saturated carbocycles. The number of aromatic nitrogens is 3. The summed E-state index contributed by atoms with van der Waals surface area (Å²) in [4.78, 5) is 15.7. The number of H-pyrrole nitrogens is 1. The molecule has 2 rings (SSSR count). The largest absolute Gasteiger partial charge is 0.348 e. The van der Waals surface area contributed by atoms with Crippen molar-refractivity contribution in [2.24, 2.45) is 0 Å². The van der Waals surface area contributed by atoms with Gasteiger partial charge in [0.1, 0.15) is 5.82 Å². The highest BCUT2D eigenvalue weighted by Crippen LogP contribution is 2.37. The Morgan fingerprint density at radius 3 is 2.83 bits per heavy atom. The van der Waals surface area contributed by atoms with Crippen LogP contribution in [0.25, 0.3) is 0 Å². The summed E-state index contributed by atoms with van der Waals surface area (Å²) >= 11 is 0. The highest BCUT2D eigenvalue weighted by atomic mass is 32.2. The number of sulfone groups is 1. The summed E-state index contributed by atoms with van der Waals surface area (Å²) in [6, 6.07) is 0. The Morgan fingerprint density at radius 2 is 2.22 bits per heavy atom. The van der Waals surface area contributed by atoms with Crippen molar-refractivity contribution in [3.05, 3.63) is 11.6 Å². The van der Waals surface area contributed by atoms with E-state index in [0.717, 1.165) is 18.7 Å². The van der Waals surface area contributed by atoms with Crippen LogP contribution in [0, 0.1) is 0 Å². The Hall–Kier alpha value is -1.44. The van der Waals surface area contributed by atoms with Gasteiger partial charge >= 0.3 is 0 Å². The maximum absolute atomic E-state index is 11.6. The molecule has 2 N–H and O–H groups in total. The van der Waals surface area contributed by atoms with Gasteiger partial charge in [0.05, 0.1) is 5.75 Å². The number of carbonyl (C=O) groups is 1. The molecule has 0 saturated heterocycles. The molecule has 100 valence electrons. The first kappa shape index (κ1) is 13.0. The van der Waals surface area contributed by atoms with Crippen LogP contribution in [0.2, 0.25) is 0 Å². The maximum Gasteiger partial charge on any atom is 0.290 e. The van der Waals surface area contributed by atoms with Gasteiger partial charge in [-0.3, -0.25) is 9.89 Å². The lowest BCUT2D eigenvalue weighted by Crippen LogP contribution is -2.30. The summed E-state index contributed by atoms with van der Waals surface area (Å²) < 4.78 is 22.5. The van der Waals surface area contributed by atoms with Crippen molar-refractivity contribution in [1.82, 2.24) is 20.5 Å². The number of aromatic amines is 1. The Bertz CT molecular complexity index is 533. The molecule has 0 unspecified atom stereocenters. The van der Waals surface area contributed by atoms with Crippen molar-refractivity contribution >= 4 is 15.7 Å². The first-order valence-electron chi connectivity index (χ1n) is 5.93. The lowest BCUT2D eigenvalue weighted by Gasteiger charge is -2.02. The van der Waals surface area contributed by atoms with Crippen LogP contribution in [0.4, 0.5) is 0 Å². The van der Waals surface area contributed by atoms with Gasteiger partial charge in [0.15, 0.2) is 9.84 Å². The minimum Gasteiger partial charge on any atom is -0.348 e. The molecule has 8 heteroatoms.